The van der Waals surface area contributed by atoms with Gasteiger partial charge in [0.25, 0.3) is 0 Å². The number of fused-ring (bicyclic) bond motifs is 3. The van der Waals surface area contributed by atoms with Crippen LogP contribution in [-0.2, 0) is 6.42 Å². The summed E-state index contributed by atoms with van der Waals surface area (Å²) in [5.74, 6) is 1.97. The summed E-state index contributed by atoms with van der Waals surface area (Å²) in [5.41, 5.74) is 0. The molecule has 164 valence electrons. The second-order valence-corrected chi connectivity index (χ2v) is 8.24. The number of halogens is 1. The van der Waals surface area contributed by atoms with Gasteiger partial charge in [0.15, 0.2) is 5.96 Å². The molecule has 0 saturated carbocycles. The molecule has 5 heterocycles. The van der Waals surface area contributed by atoms with Gasteiger partial charge in [0.05, 0.1) is 12.8 Å². The molecule has 4 aliphatic heterocycles. The lowest BCUT2D eigenvalue weighted by Crippen LogP contribution is -2.62. The highest BCUT2D eigenvalue weighted by atomic mass is 127. The molecule has 29 heavy (non-hydrogen) atoms. The van der Waals surface area contributed by atoms with E-state index in [9.17, 15) is 0 Å². The Hall–Kier alpha value is -0.840. The van der Waals surface area contributed by atoms with Crippen molar-refractivity contribution < 1.29 is 4.42 Å². The van der Waals surface area contributed by atoms with Crippen LogP contribution in [0.1, 0.15) is 25.5 Å². The van der Waals surface area contributed by atoms with E-state index < -0.39 is 0 Å². The lowest BCUT2D eigenvalue weighted by molar-refractivity contribution is 0.0174. The van der Waals surface area contributed by atoms with Gasteiger partial charge in [0.1, 0.15) is 5.76 Å². The summed E-state index contributed by atoms with van der Waals surface area (Å²) in [6.45, 7) is 13.3. The number of likely N-dealkylation sites (tertiary alicyclic amines) is 1. The third-order valence-electron chi connectivity index (χ3n) is 6.51. The summed E-state index contributed by atoms with van der Waals surface area (Å²) in [5, 5.41) is 7.15. The number of aliphatic imine (C=N–C) groups is 1. The van der Waals surface area contributed by atoms with Crippen molar-refractivity contribution in [3.8, 4) is 0 Å². The van der Waals surface area contributed by atoms with Gasteiger partial charge in [-0.15, -0.1) is 24.0 Å². The van der Waals surface area contributed by atoms with E-state index in [4.69, 9.17) is 9.41 Å². The minimum atomic E-state index is 0. The highest BCUT2D eigenvalue weighted by Gasteiger charge is 2.31. The van der Waals surface area contributed by atoms with E-state index in [0.29, 0.717) is 12.1 Å². The van der Waals surface area contributed by atoms with Crippen LogP contribution < -0.4 is 10.6 Å². The predicted molar refractivity (Wildman–Crippen MR) is 128 cm³/mol. The number of hydrogen-bond acceptors (Lipinski definition) is 5. The Kier molecular flexibility index (Phi) is 9.08. The Morgan fingerprint density at radius 3 is 2.72 bits per heavy atom. The maximum atomic E-state index is 5.45. The van der Waals surface area contributed by atoms with Crippen molar-refractivity contribution in [1.29, 1.82) is 0 Å². The fourth-order valence-corrected chi connectivity index (χ4v) is 4.78. The van der Waals surface area contributed by atoms with Gasteiger partial charge in [0.2, 0.25) is 0 Å². The van der Waals surface area contributed by atoms with E-state index in [-0.39, 0.29) is 24.0 Å². The molecule has 2 atom stereocenters. The lowest BCUT2D eigenvalue weighted by atomic mass is 10.1. The number of hydrogen-bond donors (Lipinski definition) is 2. The quantitative estimate of drug-likeness (QED) is 0.310. The van der Waals surface area contributed by atoms with Crippen LogP contribution in [0.3, 0.4) is 0 Å². The third-order valence-corrected chi connectivity index (χ3v) is 6.51. The molecule has 4 saturated heterocycles. The van der Waals surface area contributed by atoms with Crippen molar-refractivity contribution in [1.82, 2.24) is 25.3 Å². The zero-order chi connectivity index (χ0) is 19.2. The first kappa shape index (κ1) is 22.8. The molecule has 0 spiro atoms. The van der Waals surface area contributed by atoms with E-state index in [2.05, 4.69) is 32.3 Å². The largest absolute Gasteiger partial charge is 0.469 e. The van der Waals surface area contributed by atoms with Gasteiger partial charge in [-0.3, -0.25) is 19.7 Å². The van der Waals surface area contributed by atoms with Crippen LogP contribution in [0.4, 0.5) is 0 Å². The number of nitrogens with one attached hydrogen (secondary N) is 2. The topological polar surface area (TPSA) is 59.3 Å². The number of likely N-dealkylation sites (N-methyl/N-ethyl adjacent to an activating group) is 1. The lowest BCUT2D eigenvalue weighted by Gasteiger charge is -2.47. The second-order valence-electron chi connectivity index (χ2n) is 8.24. The molecule has 0 aromatic carbocycles. The molecule has 0 radical (unpaired) electrons. The van der Waals surface area contributed by atoms with Crippen LogP contribution in [0.2, 0.25) is 0 Å². The van der Waals surface area contributed by atoms with Gasteiger partial charge in [-0.05, 0) is 38.1 Å². The molecule has 2 unspecified atom stereocenters. The molecular formula is C21H37IN6O. The van der Waals surface area contributed by atoms with Crippen molar-refractivity contribution in [2.24, 2.45) is 4.99 Å². The zero-order valence-corrected chi connectivity index (χ0v) is 20.0. The van der Waals surface area contributed by atoms with Crippen LogP contribution in [0.5, 0.6) is 0 Å². The number of piperazine rings is 3. The number of nitrogens with zero attached hydrogens (tertiary/aromatic N) is 4. The Balaban J connectivity index is 0.00000240. The van der Waals surface area contributed by atoms with Gasteiger partial charge >= 0.3 is 0 Å². The van der Waals surface area contributed by atoms with Crippen LogP contribution in [0, 0.1) is 0 Å². The Bertz CT molecular complexity index is 617. The molecular weight excluding hydrogens is 479 g/mol. The third kappa shape index (κ3) is 6.32. The average molecular weight is 516 g/mol. The highest BCUT2D eigenvalue weighted by molar-refractivity contribution is 14.0. The van der Waals surface area contributed by atoms with Gasteiger partial charge < -0.3 is 15.1 Å². The summed E-state index contributed by atoms with van der Waals surface area (Å²) in [4.78, 5) is 12.7. The molecule has 4 fully saturated rings. The van der Waals surface area contributed by atoms with Gasteiger partial charge in [-0.25, -0.2) is 0 Å². The monoisotopic (exact) mass is 516 g/mol. The highest BCUT2D eigenvalue weighted by Crippen LogP contribution is 2.16. The number of rotatable bonds is 8. The first-order valence-electron chi connectivity index (χ1n) is 11.1. The Morgan fingerprint density at radius 2 is 2.03 bits per heavy atom. The van der Waals surface area contributed by atoms with Gasteiger partial charge in [0, 0.05) is 64.3 Å². The van der Waals surface area contributed by atoms with Crippen LogP contribution >= 0.6 is 24.0 Å². The molecule has 5 rings (SSSR count). The van der Waals surface area contributed by atoms with E-state index in [1.807, 2.05) is 12.1 Å². The van der Waals surface area contributed by atoms with E-state index in [1.165, 1.54) is 45.6 Å². The van der Waals surface area contributed by atoms with Gasteiger partial charge in [-0.1, -0.05) is 6.92 Å². The fraction of sp³-hybridized carbons (Fsp3) is 0.762. The molecule has 7 nitrogen and oxygen atoms in total. The molecule has 1 aromatic heterocycles. The molecule has 2 N–H and O–H groups in total. The first-order chi connectivity index (χ1) is 13.8. The average Bonchev–Trinajstić information content (AvgIpc) is 3.42. The first-order valence-corrected chi connectivity index (χ1v) is 11.1. The van der Waals surface area contributed by atoms with Crippen molar-refractivity contribution in [2.75, 3.05) is 65.4 Å². The number of furan rings is 1. The molecule has 8 heteroatoms. The smallest absolute Gasteiger partial charge is 0.191 e. The second kappa shape index (κ2) is 11.5. The molecule has 1 aromatic rings. The fourth-order valence-electron chi connectivity index (χ4n) is 4.78. The van der Waals surface area contributed by atoms with Crippen LogP contribution in [-0.4, -0.2) is 98.2 Å². The van der Waals surface area contributed by atoms with E-state index in [0.717, 1.165) is 50.9 Å². The normalized spacial score (nSPS) is 29.6. The zero-order valence-electron chi connectivity index (χ0n) is 17.7. The SMILES string of the molecule is CCN1CCCC1CNC(=NCC1CN2CCN1CC2)NCCc1ccco1.I. The van der Waals surface area contributed by atoms with Crippen molar-refractivity contribution >= 4 is 29.9 Å². The molecule has 0 aliphatic carbocycles. The molecule has 4 aliphatic rings. The summed E-state index contributed by atoms with van der Waals surface area (Å²) >= 11 is 0. The number of guanidine groups is 1. The maximum absolute atomic E-state index is 5.45. The minimum absolute atomic E-state index is 0. The van der Waals surface area contributed by atoms with Crippen molar-refractivity contribution in [3.05, 3.63) is 24.2 Å². The molecule has 0 amide bonds. The van der Waals surface area contributed by atoms with Gasteiger partial charge in [-0.2, -0.15) is 0 Å². The predicted octanol–water partition coefficient (Wildman–Crippen LogP) is 1.46. The van der Waals surface area contributed by atoms with Crippen molar-refractivity contribution in [2.45, 2.75) is 38.3 Å². The summed E-state index contributed by atoms with van der Waals surface area (Å²) in [6.07, 6.45) is 5.21. The van der Waals surface area contributed by atoms with Crippen LogP contribution in [0.15, 0.2) is 27.8 Å². The minimum Gasteiger partial charge on any atom is -0.469 e. The van der Waals surface area contributed by atoms with Crippen molar-refractivity contribution in [3.63, 3.8) is 0 Å². The summed E-state index contributed by atoms with van der Waals surface area (Å²) < 4.78 is 5.45. The standard InChI is InChI=1S/C21H36N6O.HI/c1-2-26-9-3-5-18(26)15-23-21(22-8-7-20-6-4-14-28-20)24-16-19-17-25-10-12-27(19)13-11-25;/h4,6,14,18-19H,2-3,5,7-13,15-17H2,1H3,(H2,22,23,24);1H. The van der Waals surface area contributed by atoms with Crippen LogP contribution in [0.25, 0.3) is 0 Å². The van der Waals surface area contributed by atoms with E-state index in [1.54, 1.807) is 6.26 Å². The summed E-state index contributed by atoms with van der Waals surface area (Å²) in [6, 6.07) is 5.17. The Morgan fingerprint density at radius 1 is 1.17 bits per heavy atom. The Labute approximate surface area is 192 Å². The summed E-state index contributed by atoms with van der Waals surface area (Å²) in [7, 11) is 0. The maximum Gasteiger partial charge on any atom is 0.191 e. The van der Waals surface area contributed by atoms with E-state index >= 15 is 0 Å². The molecule has 2 bridgehead atoms.